The first-order chi connectivity index (χ1) is 6.90. The topological polar surface area (TPSA) is 67.0 Å². The number of rotatable bonds is 1. The van der Waals surface area contributed by atoms with Gasteiger partial charge in [0.1, 0.15) is 11.7 Å². The van der Waals surface area contributed by atoms with Crippen molar-refractivity contribution in [2.24, 2.45) is 0 Å². The lowest BCUT2D eigenvalue weighted by molar-refractivity contribution is 0.0613. The second kappa shape index (κ2) is 4.05. The van der Waals surface area contributed by atoms with Gasteiger partial charge in [-0.15, -0.1) is 0 Å². The SMILES string of the molecule is CC(C)(C)OC(=O)Nn1ccc(C#N)c1. The van der Waals surface area contributed by atoms with Crippen LogP contribution >= 0.6 is 0 Å². The van der Waals surface area contributed by atoms with E-state index in [1.807, 2.05) is 6.07 Å². The highest BCUT2D eigenvalue weighted by atomic mass is 16.6. The molecule has 15 heavy (non-hydrogen) atoms. The third kappa shape index (κ3) is 3.73. The number of nitrogens with zero attached hydrogens (tertiary/aromatic N) is 2. The fourth-order valence-electron chi connectivity index (χ4n) is 0.939. The van der Waals surface area contributed by atoms with Crippen molar-refractivity contribution in [1.82, 2.24) is 4.68 Å². The highest BCUT2D eigenvalue weighted by Crippen LogP contribution is 2.07. The standard InChI is InChI=1S/C10H13N3O2/c1-10(2,3)15-9(14)12-13-5-4-8(6-11)7-13/h4-5,7H,1-3H3,(H,12,14). The second-order valence-corrected chi connectivity index (χ2v) is 4.03. The van der Waals surface area contributed by atoms with Crippen molar-refractivity contribution >= 4 is 6.09 Å². The van der Waals surface area contributed by atoms with Crippen molar-refractivity contribution in [1.29, 1.82) is 5.26 Å². The monoisotopic (exact) mass is 207 g/mol. The summed E-state index contributed by atoms with van der Waals surface area (Å²) in [5.74, 6) is 0. The molecular weight excluding hydrogens is 194 g/mol. The van der Waals surface area contributed by atoms with Crippen LogP contribution in [-0.4, -0.2) is 16.4 Å². The highest BCUT2D eigenvalue weighted by Gasteiger charge is 2.15. The summed E-state index contributed by atoms with van der Waals surface area (Å²) in [4.78, 5) is 11.3. The van der Waals surface area contributed by atoms with E-state index in [-0.39, 0.29) is 0 Å². The van der Waals surface area contributed by atoms with Gasteiger partial charge in [-0.1, -0.05) is 0 Å². The van der Waals surface area contributed by atoms with Crippen LogP contribution in [0, 0.1) is 11.3 Å². The lowest BCUT2D eigenvalue weighted by atomic mass is 10.2. The Morgan fingerprint density at radius 2 is 2.27 bits per heavy atom. The van der Waals surface area contributed by atoms with Crippen LogP contribution in [0.1, 0.15) is 26.3 Å². The number of nitriles is 1. The number of ether oxygens (including phenoxy) is 1. The zero-order valence-corrected chi connectivity index (χ0v) is 8.94. The Hall–Kier alpha value is -1.96. The molecule has 0 aliphatic carbocycles. The molecule has 0 aliphatic heterocycles. The Morgan fingerprint density at radius 3 is 2.73 bits per heavy atom. The van der Waals surface area contributed by atoms with Crippen molar-refractivity contribution in [2.45, 2.75) is 26.4 Å². The van der Waals surface area contributed by atoms with E-state index in [4.69, 9.17) is 10.00 Å². The first kappa shape index (κ1) is 11.1. The number of hydrogen-bond donors (Lipinski definition) is 1. The molecule has 0 unspecified atom stereocenters. The molecule has 0 bridgehead atoms. The minimum absolute atomic E-state index is 0.478. The van der Waals surface area contributed by atoms with Crippen molar-refractivity contribution < 1.29 is 9.53 Å². The first-order valence-electron chi connectivity index (χ1n) is 4.49. The van der Waals surface area contributed by atoms with E-state index in [0.29, 0.717) is 5.56 Å². The minimum Gasteiger partial charge on any atom is -0.443 e. The van der Waals surface area contributed by atoms with Crippen molar-refractivity contribution in [3.8, 4) is 6.07 Å². The molecule has 1 aromatic heterocycles. The van der Waals surface area contributed by atoms with Crippen LogP contribution < -0.4 is 5.43 Å². The molecule has 1 amide bonds. The van der Waals surface area contributed by atoms with Gasteiger partial charge in [-0.2, -0.15) is 5.26 Å². The van der Waals surface area contributed by atoms with E-state index in [2.05, 4.69) is 5.43 Å². The van der Waals surface area contributed by atoms with Crippen molar-refractivity contribution in [3.05, 3.63) is 24.0 Å². The minimum atomic E-state index is -0.553. The Labute approximate surface area is 88.2 Å². The number of carbonyl (C=O) groups is 1. The fraction of sp³-hybridized carbons (Fsp3) is 0.400. The molecule has 0 aliphatic rings. The quantitative estimate of drug-likeness (QED) is 0.764. The third-order valence-electron chi connectivity index (χ3n) is 1.44. The number of aromatic nitrogens is 1. The summed E-state index contributed by atoms with van der Waals surface area (Å²) in [6.07, 6.45) is 2.52. The lowest BCUT2D eigenvalue weighted by Crippen LogP contribution is -2.30. The molecule has 0 atom stereocenters. The number of carbonyl (C=O) groups excluding carboxylic acids is 1. The van der Waals surface area contributed by atoms with Crippen LogP contribution in [0.3, 0.4) is 0 Å². The van der Waals surface area contributed by atoms with Gasteiger partial charge in [-0.3, -0.25) is 4.68 Å². The van der Waals surface area contributed by atoms with Gasteiger partial charge in [0.2, 0.25) is 0 Å². The summed E-state index contributed by atoms with van der Waals surface area (Å²) in [5.41, 5.74) is 2.40. The summed E-state index contributed by atoms with van der Waals surface area (Å²) in [5, 5.41) is 8.56. The van der Waals surface area contributed by atoms with Crippen LogP contribution in [0.5, 0.6) is 0 Å². The van der Waals surface area contributed by atoms with Gasteiger partial charge in [0, 0.05) is 12.4 Å². The summed E-state index contributed by atoms with van der Waals surface area (Å²) >= 11 is 0. The molecule has 0 spiro atoms. The maximum Gasteiger partial charge on any atom is 0.426 e. The predicted molar refractivity (Wildman–Crippen MR) is 54.7 cm³/mol. The van der Waals surface area contributed by atoms with Gasteiger partial charge in [0.15, 0.2) is 0 Å². The third-order valence-corrected chi connectivity index (χ3v) is 1.44. The molecule has 5 nitrogen and oxygen atoms in total. The highest BCUT2D eigenvalue weighted by molar-refractivity contribution is 5.76. The summed E-state index contributed by atoms with van der Waals surface area (Å²) in [7, 11) is 0. The molecule has 1 N–H and O–H groups in total. The van der Waals surface area contributed by atoms with E-state index in [1.54, 1.807) is 33.0 Å². The summed E-state index contributed by atoms with van der Waals surface area (Å²) < 4.78 is 6.41. The van der Waals surface area contributed by atoms with Crippen LogP contribution in [0.15, 0.2) is 18.5 Å². The molecule has 1 heterocycles. The van der Waals surface area contributed by atoms with Crippen molar-refractivity contribution in [3.63, 3.8) is 0 Å². The number of nitrogens with one attached hydrogen (secondary N) is 1. The zero-order chi connectivity index (χ0) is 11.5. The Bertz CT molecular complexity index is 396. The van der Waals surface area contributed by atoms with E-state index < -0.39 is 11.7 Å². The Kier molecular flexibility index (Phi) is 3.00. The first-order valence-corrected chi connectivity index (χ1v) is 4.49. The lowest BCUT2D eigenvalue weighted by Gasteiger charge is -2.19. The van der Waals surface area contributed by atoms with Gasteiger partial charge < -0.3 is 4.74 Å². The molecule has 5 heteroatoms. The molecule has 0 saturated carbocycles. The normalized spacial score (nSPS) is 10.5. The summed E-state index contributed by atoms with van der Waals surface area (Å²) in [6, 6.07) is 3.55. The smallest absolute Gasteiger partial charge is 0.426 e. The molecule has 1 aromatic rings. The summed E-state index contributed by atoms with van der Waals surface area (Å²) in [6.45, 7) is 5.34. The molecule has 1 rings (SSSR count). The Balaban J connectivity index is 2.56. The van der Waals surface area contributed by atoms with E-state index in [9.17, 15) is 4.79 Å². The van der Waals surface area contributed by atoms with E-state index >= 15 is 0 Å². The van der Waals surface area contributed by atoms with Crippen molar-refractivity contribution in [2.75, 3.05) is 5.43 Å². The van der Waals surface area contributed by atoms with Gasteiger partial charge >= 0.3 is 6.09 Å². The van der Waals surface area contributed by atoms with Gasteiger partial charge in [0.05, 0.1) is 5.56 Å². The number of hydrogen-bond acceptors (Lipinski definition) is 3. The molecular formula is C10H13N3O2. The number of amides is 1. The van der Waals surface area contributed by atoms with Crippen LogP contribution in [0.4, 0.5) is 4.79 Å². The van der Waals surface area contributed by atoms with Crippen LogP contribution in [0.2, 0.25) is 0 Å². The molecule has 0 fully saturated rings. The fourth-order valence-corrected chi connectivity index (χ4v) is 0.939. The maximum atomic E-state index is 11.3. The second-order valence-electron chi connectivity index (χ2n) is 4.03. The zero-order valence-electron chi connectivity index (χ0n) is 8.94. The van der Waals surface area contributed by atoms with Crippen LogP contribution in [-0.2, 0) is 4.74 Å². The maximum absolute atomic E-state index is 11.3. The molecule has 0 radical (unpaired) electrons. The largest absolute Gasteiger partial charge is 0.443 e. The van der Waals surface area contributed by atoms with Crippen LogP contribution in [0.25, 0.3) is 0 Å². The average molecular weight is 207 g/mol. The van der Waals surface area contributed by atoms with E-state index in [0.717, 1.165) is 0 Å². The molecule has 0 saturated heterocycles. The Morgan fingerprint density at radius 1 is 1.60 bits per heavy atom. The molecule has 0 aromatic carbocycles. The molecule has 80 valence electrons. The van der Waals surface area contributed by atoms with Gasteiger partial charge in [0.25, 0.3) is 0 Å². The average Bonchev–Trinajstić information content (AvgIpc) is 2.48. The van der Waals surface area contributed by atoms with Gasteiger partial charge in [-0.05, 0) is 26.8 Å². The van der Waals surface area contributed by atoms with Gasteiger partial charge in [-0.25, -0.2) is 10.2 Å². The van der Waals surface area contributed by atoms with E-state index in [1.165, 1.54) is 10.9 Å². The predicted octanol–water partition coefficient (Wildman–Crippen LogP) is 1.84.